The van der Waals surface area contributed by atoms with E-state index in [2.05, 4.69) is 18.8 Å². The van der Waals surface area contributed by atoms with Gasteiger partial charge in [-0.15, -0.1) is 0 Å². The summed E-state index contributed by atoms with van der Waals surface area (Å²) in [5.41, 5.74) is 3.88. The minimum absolute atomic E-state index is 0.0978. The Kier molecular flexibility index (Phi) is 4.50. The predicted molar refractivity (Wildman–Crippen MR) is 80.2 cm³/mol. The first-order valence-electron chi connectivity index (χ1n) is 7.33. The van der Waals surface area contributed by atoms with Crippen molar-refractivity contribution in [2.45, 2.75) is 45.6 Å². The number of likely N-dealkylation sites (tertiary alicyclic amines) is 1. The molecule has 0 aliphatic carbocycles. The van der Waals surface area contributed by atoms with Gasteiger partial charge in [0.15, 0.2) is 0 Å². The van der Waals surface area contributed by atoms with Crippen LogP contribution in [0.4, 0.5) is 5.69 Å². The molecular weight excluding hydrogens is 272 g/mol. The molecule has 1 amide bonds. The summed E-state index contributed by atoms with van der Waals surface area (Å²) in [4.78, 5) is 41.7. The van der Waals surface area contributed by atoms with Crippen molar-refractivity contribution in [3.05, 3.63) is 26.5 Å². The van der Waals surface area contributed by atoms with Crippen LogP contribution in [0.5, 0.6) is 0 Å². The standard InChI is InChI=1S/C14H22N4O3/c1-8(2)7-9-5-3-4-6-18(9)13(20)11-10(15)12(19)17-14(21)16-11/h8-9H,3-7,15H2,1-2H3,(H2,16,17,19,21). The summed E-state index contributed by atoms with van der Waals surface area (Å²) in [7, 11) is 0. The smallest absolute Gasteiger partial charge is 0.326 e. The van der Waals surface area contributed by atoms with E-state index in [-0.39, 0.29) is 23.3 Å². The second-order valence-corrected chi connectivity index (χ2v) is 5.97. The van der Waals surface area contributed by atoms with E-state index in [1.807, 2.05) is 4.98 Å². The van der Waals surface area contributed by atoms with Crippen LogP contribution in [0.15, 0.2) is 9.59 Å². The molecule has 1 unspecified atom stereocenters. The number of nitrogens with zero attached hydrogens (tertiary/aromatic N) is 1. The number of carbonyl (C=O) groups excluding carboxylic acids is 1. The summed E-state index contributed by atoms with van der Waals surface area (Å²) in [6.07, 6.45) is 3.85. The van der Waals surface area contributed by atoms with Crippen LogP contribution in [-0.2, 0) is 0 Å². The van der Waals surface area contributed by atoms with Crippen LogP contribution in [0.1, 0.15) is 50.0 Å². The van der Waals surface area contributed by atoms with Crippen molar-refractivity contribution in [2.75, 3.05) is 12.3 Å². The largest absolute Gasteiger partial charge is 0.392 e. The van der Waals surface area contributed by atoms with Gasteiger partial charge in [-0.05, 0) is 31.6 Å². The molecule has 7 heteroatoms. The highest BCUT2D eigenvalue weighted by atomic mass is 16.2. The minimum Gasteiger partial charge on any atom is -0.392 e. The van der Waals surface area contributed by atoms with E-state index in [0.717, 1.165) is 25.7 Å². The molecule has 0 aromatic carbocycles. The number of carbonyl (C=O) groups is 1. The maximum atomic E-state index is 12.6. The first-order chi connectivity index (χ1) is 9.90. The Bertz CT molecular complexity index is 632. The van der Waals surface area contributed by atoms with E-state index in [4.69, 9.17) is 5.73 Å². The van der Waals surface area contributed by atoms with Crippen molar-refractivity contribution >= 4 is 11.6 Å². The molecule has 0 spiro atoms. The van der Waals surface area contributed by atoms with Gasteiger partial charge in [0, 0.05) is 12.6 Å². The normalized spacial score (nSPS) is 19.0. The van der Waals surface area contributed by atoms with E-state index in [9.17, 15) is 14.4 Å². The zero-order valence-corrected chi connectivity index (χ0v) is 12.4. The average molecular weight is 294 g/mol. The Balaban J connectivity index is 2.33. The maximum absolute atomic E-state index is 12.6. The van der Waals surface area contributed by atoms with Gasteiger partial charge in [0.05, 0.1) is 0 Å². The minimum atomic E-state index is -0.723. The molecule has 4 N–H and O–H groups in total. The zero-order chi connectivity index (χ0) is 15.6. The van der Waals surface area contributed by atoms with Gasteiger partial charge >= 0.3 is 5.69 Å². The number of rotatable bonds is 3. The fourth-order valence-corrected chi connectivity index (χ4v) is 2.87. The number of piperidine rings is 1. The molecule has 1 aliphatic heterocycles. The van der Waals surface area contributed by atoms with Gasteiger partial charge in [-0.3, -0.25) is 14.6 Å². The Hall–Kier alpha value is -2.05. The fourth-order valence-electron chi connectivity index (χ4n) is 2.87. The van der Waals surface area contributed by atoms with E-state index >= 15 is 0 Å². The van der Waals surface area contributed by atoms with Crippen LogP contribution in [0.3, 0.4) is 0 Å². The van der Waals surface area contributed by atoms with Crippen molar-refractivity contribution in [2.24, 2.45) is 5.92 Å². The first kappa shape index (κ1) is 15.3. The summed E-state index contributed by atoms with van der Waals surface area (Å²) in [5, 5.41) is 0. The number of hydrogen-bond donors (Lipinski definition) is 3. The molecule has 2 rings (SSSR count). The van der Waals surface area contributed by atoms with Crippen LogP contribution in [-0.4, -0.2) is 33.4 Å². The number of anilines is 1. The highest BCUT2D eigenvalue weighted by molar-refractivity contribution is 5.97. The lowest BCUT2D eigenvalue weighted by atomic mass is 9.93. The molecule has 1 fully saturated rings. The molecule has 7 nitrogen and oxygen atoms in total. The summed E-state index contributed by atoms with van der Waals surface area (Å²) >= 11 is 0. The Morgan fingerprint density at radius 1 is 1.33 bits per heavy atom. The first-order valence-corrected chi connectivity index (χ1v) is 7.33. The van der Waals surface area contributed by atoms with E-state index in [0.29, 0.717) is 12.5 Å². The van der Waals surface area contributed by atoms with Crippen LogP contribution < -0.4 is 17.0 Å². The molecule has 1 aromatic heterocycles. The van der Waals surface area contributed by atoms with Gasteiger partial charge in [0.1, 0.15) is 11.4 Å². The molecule has 1 atom stereocenters. The molecule has 2 heterocycles. The number of nitrogen functional groups attached to an aromatic ring is 1. The number of amides is 1. The highest BCUT2D eigenvalue weighted by Gasteiger charge is 2.30. The molecule has 116 valence electrons. The number of nitrogens with one attached hydrogen (secondary N) is 2. The van der Waals surface area contributed by atoms with Gasteiger partial charge in [0.2, 0.25) is 0 Å². The third-order valence-electron chi connectivity index (χ3n) is 3.82. The SMILES string of the molecule is CC(C)CC1CCCCN1C(=O)c1[nH]c(=O)[nH]c(=O)c1N. The Morgan fingerprint density at radius 3 is 2.71 bits per heavy atom. The average Bonchev–Trinajstić information content (AvgIpc) is 2.42. The van der Waals surface area contributed by atoms with E-state index in [1.165, 1.54) is 0 Å². The number of aromatic nitrogens is 2. The lowest BCUT2D eigenvalue weighted by Gasteiger charge is -2.36. The summed E-state index contributed by atoms with van der Waals surface area (Å²) < 4.78 is 0. The Labute approximate surface area is 122 Å². The fraction of sp³-hybridized carbons (Fsp3) is 0.643. The molecule has 1 aromatic rings. The van der Waals surface area contributed by atoms with Gasteiger partial charge in [-0.2, -0.15) is 0 Å². The topological polar surface area (TPSA) is 112 Å². The third kappa shape index (κ3) is 3.34. The predicted octanol–water partition coefficient (Wildman–Crippen LogP) is 0.686. The molecule has 0 saturated carbocycles. The maximum Gasteiger partial charge on any atom is 0.326 e. The monoisotopic (exact) mass is 294 g/mol. The second kappa shape index (κ2) is 6.15. The van der Waals surface area contributed by atoms with Crippen molar-refractivity contribution in [3.63, 3.8) is 0 Å². The molecule has 1 aliphatic rings. The quantitative estimate of drug-likeness (QED) is 0.761. The van der Waals surface area contributed by atoms with Crippen LogP contribution >= 0.6 is 0 Å². The molecule has 21 heavy (non-hydrogen) atoms. The van der Waals surface area contributed by atoms with E-state index in [1.54, 1.807) is 4.90 Å². The third-order valence-corrected chi connectivity index (χ3v) is 3.82. The summed E-state index contributed by atoms with van der Waals surface area (Å²) in [5.74, 6) is 0.111. The van der Waals surface area contributed by atoms with Crippen LogP contribution in [0, 0.1) is 5.92 Å². The number of H-pyrrole nitrogens is 2. The van der Waals surface area contributed by atoms with Gasteiger partial charge in [-0.25, -0.2) is 4.79 Å². The second-order valence-electron chi connectivity index (χ2n) is 5.97. The lowest BCUT2D eigenvalue weighted by Crippen LogP contribution is -2.46. The highest BCUT2D eigenvalue weighted by Crippen LogP contribution is 2.24. The summed E-state index contributed by atoms with van der Waals surface area (Å²) in [6, 6.07) is 0.133. The van der Waals surface area contributed by atoms with Gasteiger partial charge in [0.25, 0.3) is 11.5 Å². The number of nitrogens with two attached hydrogens (primary N) is 1. The summed E-state index contributed by atoms with van der Waals surface area (Å²) in [6.45, 7) is 4.85. The van der Waals surface area contributed by atoms with Gasteiger partial charge < -0.3 is 15.6 Å². The van der Waals surface area contributed by atoms with Crippen molar-refractivity contribution in [1.29, 1.82) is 0 Å². The zero-order valence-electron chi connectivity index (χ0n) is 12.4. The molecule has 0 bridgehead atoms. The van der Waals surface area contributed by atoms with Crippen molar-refractivity contribution in [3.8, 4) is 0 Å². The molecule has 1 saturated heterocycles. The lowest BCUT2D eigenvalue weighted by molar-refractivity contribution is 0.0578. The molecular formula is C14H22N4O3. The van der Waals surface area contributed by atoms with Crippen LogP contribution in [0.2, 0.25) is 0 Å². The number of aromatic amines is 2. The van der Waals surface area contributed by atoms with Crippen molar-refractivity contribution in [1.82, 2.24) is 14.9 Å². The van der Waals surface area contributed by atoms with Crippen molar-refractivity contribution < 1.29 is 4.79 Å². The molecule has 0 radical (unpaired) electrons. The van der Waals surface area contributed by atoms with E-state index < -0.39 is 11.2 Å². The van der Waals surface area contributed by atoms with Crippen LogP contribution in [0.25, 0.3) is 0 Å². The van der Waals surface area contributed by atoms with Gasteiger partial charge in [-0.1, -0.05) is 13.8 Å². The Morgan fingerprint density at radius 2 is 2.05 bits per heavy atom. The number of hydrogen-bond acceptors (Lipinski definition) is 4.